The number of carbonyl (C=O) groups is 1. The number of anilines is 1. The quantitative estimate of drug-likeness (QED) is 0.302. The van der Waals surface area contributed by atoms with Crippen molar-refractivity contribution in [3.8, 4) is 11.8 Å². The van der Waals surface area contributed by atoms with Gasteiger partial charge in [-0.2, -0.15) is 5.26 Å². The molecule has 1 N–H and O–H groups in total. The van der Waals surface area contributed by atoms with Crippen molar-refractivity contribution in [3.05, 3.63) is 92.4 Å². The molecule has 3 rings (SSSR count). The molecule has 0 bridgehead atoms. The van der Waals surface area contributed by atoms with Crippen LogP contribution in [-0.2, 0) is 4.79 Å². The van der Waals surface area contributed by atoms with Crippen LogP contribution in [-0.4, -0.2) is 12.5 Å². The Kier molecular flexibility index (Phi) is 7.51. The average molecular weight is 496 g/mol. The van der Waals surface area contributed by atoms with E-state index in [0.717, 1.165) is 22.3 Å². The number of halogens is 2. The molecule has 0 aliphatic rings. The molecular weight excluding hydrogens is 476 g/mol. The van der Waals surface area contributed by atoms with Crippen LogP contribution < -0.4 is 10.1 Å². The standard InChI is InChI=1S/C25H20BrClN2O2/c1-16-3-7-19(8-4-16)20(14-28)11-18-6-10-24(22(26)12-18)31-15-25(30)29-21-9-5-17(2)23(27)13-21/h3-13H,15H2,1-2H3,(H,29,30)/b20-11+. The van der Waals surface area contributed by atoms with Crippen molar-refractivity contribution in [3.63, 3.8) is 0 Å². The lowest BCUT2D eigenvalue weighted by atomic mass is 10.0. The molecule has 156 valence electrons. The van der Waals surface area contributed by atoms with Crippen LogP contribution in [0.4, 0.5) is 5.69 Å². The summed E-state index contributed by atoms with van der Waals surface area (Å²) in [4.78, 5) is 12.2. The van der Waals surface area contributed by atoms with E-state index in [1.807, 2.05) is 62.4 Å². The number of amides is 1. The van der Waals surface area contributed by atoms with Crippen molar-refractivity contribution in [2.75, 3.05) is 11.9 Å². The molecule has 0 aliphatic carbocycles. The van der Waals surface area contributed by atoms with Crippen LogP contribution in [0.25, 0.3) is 11.6 Å². The highest BCUT2D eigenvalue weighted by Crippen LogP contribution is 2.28. The lowest BCUT2D eigenvalue weighted by molar-refractivity contribution is -0.118. The van der Waals surface area contributed by atoms with Crippen LogP contribution in [0, 0.1) is 25.2 Å². The number of aryl methyl sites for hydroxylation is 2. The largest absolute Gasteiger partial charge is 0.483 e. The smallest absolute Gasteiger partial charge is 0.262 e. The highest BCUT2D eigenvalue weighted by molar-refractivity contribution is 9.10. The van der Waals surface area contributed by atoms with Crippen LogP contribution >= 0.6 is 27.5 Å². The number of rotatable bonds is 6. The van der Waals surface area contributed by atoms with Crippen molar-refractivity contribution in [2.24, 2.45) is 0 Å². The van der Waals surface area contributed by atoms with Crippen LogP contribution in [0.3, 0.4) is 0 Å². The third-order valence-corrected chi connectivity index (χ3v) is 5.59. The van der Waals surface area contributed by atoms with E-state index in [0.29, 0.717) is 26.5 Å². The Hall–Kier alpha value is -3.07. The topological polar surface area (TPSA) is 62.1 Å². The molecule has 31 heavy (non-hydrogen) atoms. The molecule has 0 saturated heterocycles. The van der Waals surface area contributed by atoms with Gasteiger partial charge in [-0.25, -0.2) is 0 Å². The third-order valence-electron chi connectivity index (χ3n) is 4.56. The number of ether oxygens (including phenoxy) is 1. The van der Waals surface area contributed by atoms with E-state index in [-0.39, 0.29) is 12.5 Å². The maximum Gasteiger partial charge on any atom is 0.262 e. The predicted octanol–water partition coefficient (Wildman–Crippen LogP) is 6.80. The van der Waals surface area contributed by atoms with E-state index < -0.39 is 0 Å². The monoisotopic (exact) mass is 494 g/mol. The number of nitrogens with zero attached hydrogens (tertiary/aromatic N) is 1. The van der Waals surface area contributed by atoms with Crippen molar-refractivity contribution in [1.82, 2.24) is 0 Å². The van der Waals surface area contributed by atoms with Gasteiger partial charge in [-0.05, 0) is 76.8 Å². The van der Waals surface area contributed by atoms with Gasteiger partial charge in [0, 0.05) is 10.7 Å². The second-order valence-electron chi connectivity index (χ2n) is 7.03. The first-order chi connectivity index (χ1) is 14.9. The molecule has 0 unspecified atom stereocenters. The van der Waals surface area contributed by atoms with E-state index in [9.17, 15) is 10.1 Å². The van der Waals surface area contributed by atoms with E-state index in [2.05, 4.69) is 27.3 Å². The molecule has 3 aromatic carbocycles. The Labute approximate surface area is 195 Å². The zero-order valence-electron chi connectivity index (χ0n) is 17.1. The lowest BCUT2D eigenvalue weighted by Gasteiger charge is -2.10. The summed E-state index contributed by atoms with van der Waals surface area (Å²) in [5.74, 6) is 0.241. The first-order valence-corrected chi connectivity index (χ1v) is 10.7. The number of nitriles is 1. The maximum absolute atomic E-state index is 12.2. The summed E-state index contributed by atoms with van der Waals surface area (Å²) in [5, 5.41) is 12.9. The lowest BCUT2D eigenvalue weighted by Crippen LogP contribution is -2.20. The predicted molar refractivity (Wildman–Crippen MR) is 129 cm³/mol. The number of carbonyl (C=O) groups excluding carboxylic acids is 1. The number of benzene rings is 3. The normalized spacial score (nSPS) is 11.0. The van der Waals surface area contributed by atoms with Gasteiger partial charge in [0.15, 0.2) is 6.61 Å². The minimum Gasteiger partial charge on any atom is -0.483 e. The first kappa shape index (κ1) is 22.6. The number of hydrogen-bond donors (Lipinski definition) is 1. The van der Waals surface area contributed by atoms with Gasteiger partial charge in [-0.3, -0.25) is 4.79 Å². The minimum atomic E-state index is -0.290. The molecule has 0 heterocycles. The number of nitrogens with one attached hydrogen (secondary N) is 1. The fourth-order valence-electron chi connectivity index (χ4n) is 2.81. The molecule has 0 aliphatic heterocycles. The molecule has 0 spiro atoms. The van der Waals surface area contributed by atoms with Gasteiger partial charge in [0.05, 0.1) is 16.1 Å². The van der Waals surface area contributed by atoms with Gasteiger partial charge in [-0.1, -0.05) is 53.6 Å². The zero-order chi connectivity index (χ0) is 22.4. The summed E-state index contributed by atoms with van der Waals surface area (Å²) in [5.41, 5.74) is 4.96. The minimum absolute atomic E-state index is 0.147. The van der Waals surface area contributed by atoms with Gasteiger partial charge in [-0.15, -0.1) is 0 Å². The molecule has 0 fully saturated rings. The molecule has 3 aromatic rings. The van der Waals surface area contributed by atoms with Gasteiger partial charge in [0.2, 0.25) is 0 Å². The number of allylic oxidation sites excluding steroid dienone is 1. The second-order valence-corrected chi connectivity index (χ2v) is 8.29. The Morgan fingerprint density at radius 2 is 1.87 bits per heavy atom. The molecule has 0 atom stereocenters. The SMILES string of the molecule is Cc1ccc(/C(C#N)=C/c2ccc(OCC(=O)Nc3ccc(C)c(Cl)c3)c(Br)c2)cc1. The highest BCUT2D eigenvalue weighted by Gasteiger charge is 2.09. The Morgan fingerprint density at radius 1 is 1.13 bits per heavy atom. The fraction of sp³-hybridized carbons (Fsp3) is 0.120. The van der Waals surface area contributed by atoms with Gasteiger partial charge < -0.3 is 10.1 Å². The molecule has 0 aromatic heterocycles. The summed E-state index contributed by atoms with van der Waals surface area (Å²) in [6.45, 7) is 3.76. The third kappa shape index (κ3) is 6.21. The van der Waals surface area contributed by atoms with E-state index >= 15 is 0 Å². The molecule has 0 saturated carbocycles. The summed E-state index contributed by atoms with van der Waals surface area (Å²) < 4.78 is 6.32. The molecule has 6 heteroatoms. The van der Waals surface area contributed by atoms with Crippen LogP contribution in [0.1, 0.15) is 22.3 Å². The van der Waals surface area contributed by atoms with E-state index in [1.54, 1.807) is 18.2 Å². The number of hydrogen-bond acceptors (Lipinski definition) is 3. The first-order valence-electron chi connectivity index (χ1n) is 9.53. The average Bonchev–Trinajstić information content (AvgIpc) is 2.75. The summed E-state index contributed by atoms with van der Waals surface area (Å²) in [6.07, 6.45) is 1.81. The van der Waals surface area contributed by atoms with Crippen LogP contribution in [0.15, 0.2) is 65.1 Å². The van der Waals surface area contributed by atoms with Crippen molar-refractivity contribution in [2.45, 2.75) is 13.8 Å². The Bertz CT molecular complexity index is 1180. The fourth-order valence-corrected chi connectivity index (χ4v) is 3.51. The molecular formula is C25H20BrClN2O2. The van der Waals surface area contributed by atoms with Crippen LogP contribution in [0.5, 0.6) is 5.75 Å². The maximum atomic E-state index is 12.2. The van der Waals surface area contributed by atoms with E-state index in [4.69, 9.17) is 16.3 Å². The summed E-state index contributed by atoms with van der Waals surface area (Å²) in [6, 6.07) is 20.8. The Balaban J connectivity index is 1.66. The molecule has 4 nitrogen and oxygen atoms in total. The highest BCUT2D eigenvalue weighted by atomic mass is 79.9. The van der Waals surface area contributed by atoms with E-state index in [1.165, 1.54) is 0 Å². The van der Waals surface area contributed by atoms with Crippen LogP contribution in [0.2, 0.25) is 5.02 Å². The molecule has 1 amide bonds. The van der Waals surface area contributed by atoms with Gasteiger partial charge in [0.25, 0.3) is 5.91 Å². The van der Waals surface area contributed by atoms with Gasteiger partial charge in [0.1, 0.15) is 5.75 Å². The van der Waals surface area contributed by atoms with Crippen molar-refractivity contribution in [1.29, 1.82) is 5.26 Å². The van der Waals surface area contributed by atoms with Crippen molar-refractivity contribution >= 4 is 50.8 Å². The Morgan fingerprint density at radius 3 is 2.52 bits per heavy atom. The zero-order valence-corrected chi connectivity index (χ0v) is 19.4. The van der Waals surface area contributed by atoms with Crippen molar-refractivity contribution < 1.29 is 9.53 Å². The summed E-state index contributed by atoms with van der Waals surface area (Å²) in [7, 11) is 0. The molecule has 0 radical (unpaired) electrons. The second kappa shape index (κ2) is 10.3. The summed E-state index contributed by atoms with van der Waals surface area (Å²) >= 11 is 9.56. The van der Waals surface area contributed by atoms with Gasteiger partial charge >= 0.3 is 0 Å².